The normalized spacial score (nSPS) is 14.4. The summed E-state index contributed by atoms with van der Waals surface area (Å²) < 4.78 is 62.9. The van der Waals surface area contributed by atoms with E-state index < -0.39 is 46.2 Å². The fourth-order valence-corrected chi connectivity index (χ4v) is 3.77. The van der Waals surface area contributed by atoms with Crippen LogP contribution >= 0.6 is 11.6 Å². The van der Waals surface area contributed by atoms with Gasteiger partial charge in [0.05, 0.1) is 5.56 Å². The third kappa shape index (κ3) is 4.64. The zero-order valence-electron chi connectivity index (χ0n) is 17.7. The van der Waals surface area contributed by atoms with Crippen molar-refractivity contribution >= 4 is 17.6 Å². The van der Waals surface area contributed by atoms with Gasteiger partial charge in [-0.25, -0.2) is 9.18 Å². The van der Waals surface area contributed by atoms with Crippen molar-refractivity contribution in [1.29, 1.82) is 0 Å². The molecule has 0 aliphatic carbocycles. The van der Waals surface area contributed by atoms with E-state index in [1.807, 2.05) is 0 Å². The highest BCUT2D eigenvalue weighted by molar-refractivity contribution is 6.31. The number of aliphatic hydroxyl groups is 1. The lowest BCUT2D eigenvalue weighted by Gasteiger charge is -2.37. The smallest absolute Gasteiger partial charge is 0.422 e. The average Bonchev–Trinajstić information content (AvgIpc) is 2.75. The molecule has 2 aromatic carbocycles. The Labute approximate surface area is 195 Å². The fourth-order valence-electron chi connectivity index (χ4n) is 3.49. The van der Waals surface area contributed by atoms with Gasteiger partial charge in [-0.1, -0.05) is 18.5 Å². The number of rotatable bonds is 6. The van der Waals surface area contributed by atoms with Gasteiger partial charge < -0.3 is 19.5 Å². The monoisotopic (exact) mass is 499 g/mol. The number of aromatic nitrogens is 1. The molecular weight excluding hydrogens is 482 g/mol. The van der Waals surface area contributed by atoms with Crippen LogP contribution in [-0.4, -0.2) is 26.9 Å². The topological polar surface area (TPSA) is 88.8 Å². The van der Waals surface area contributed by atoms with Crippen LogP contribution < -0.4 is 10.3 Å². The highest BCUT2D eigenvalue weighted by atomic mass is 35.5. The summed E-state index contributed by atoms with van der Waals surface area (Å²) in [6.45, 7) is 1.12. The van der Waals surface area contributed by atoms with Crippen LogP contribution in [0.5, 0.6) is 11.5 Å². The summed E-state index contributed by atoms with van der Waals surface area (Å²) in [5, 5.41) is 19.8. The molecule has 6 nitrogen and oxygen atoms in total. The van der Waals surface area contributed by atoms with Gasteiger partial charge in [-0.3, -0.25) is 4.79 Å². The first-order chi connectivity index (χ1) is 15.8. The van der Waals surface area contributed by atoms with Crippen molar-refractivity contribution in [3.8, 4) is 11.5 Å². The zero-order valence-corrected chi connectivity index (χ0v) is 18.5. The molecule has 180 valence electrons. The van der Waals surface area contributed by atoms with E-state index >= 15 is 0 Å². The quantitative estimate of drug-likeness (QED) is 0.454. The van der Waals surface area contributed by atoms with Crippen molar-refractivity contribution in [3.05, 3.63) is 92.6 Å². The van der Waals surface area contributed by atoms with Gasteiger partial charge in [0.15, 0.2) is 5.60 Å². The maximum atomic E-state index is 14.2. The van der Waals surface area contributed by atoms with Gasteiger partial charge in [0, 0.05) is 41.9 Å². The molecule has 0 bridgehead atoms. The van der Waals surface area contributed by atoms with Gasteiger partial charge in [0.2, 0.25) is 5.56 Å². The van der Waals surface area contributed by atoms with E-state index in [0.29, 0.717) is 0 Å². The minimum Gasteiger partial charge on any atom is -0.478 e. The van der Waals surface area contributed by atoms with Crippen LogP contribution in [0.1, 0.15) is 34.3 Å². The lowest BCUT2D eigenvalue weighted by molar-refractivity contribution is -0.274. The van der Waals surface area contributed by atoms with Crippen LogP contribution in [0.4, 0.5) is 17.6 Å². The molecule has 0 amide bonds. The molecule has 0 saturated carbocycles. The molecule has 34 heavy (non-hydrogen) atoms. The van der Waals surface area contributed by atoms with Gasteiger partial charge >= 0.3 is 12.1 Å². The predicted molar refractivity (Wildman–Crippen MR) is 115 cm³/mol. The van der Waals surface area contributed by atoms with Crippen LogP contribution in [-0.2, 0) is 12.6 Å². The van der Waals surface area contributed by atoms with E-state index in [4.69, 9.17) is 21.4 Å². The summed E-state index contributed by atoms with van der Waals surface area (Å²) in [7, 11) is 1.25. The average molecular weight is 500 g/mol. The molecule has 0 spiro atoms. The molecule has 1 heterocycles. The van der Waals surface area contributed by atoms with Crippen molar-refractivity contribution in [3.63, 3.8) is 0 Å². The largest absolute Gasteiger partial charge is 0.478 e. The van der Waals surface area contributed by atoms with Crippen molar-refractivity contribution in [2.45, 2.75) is 24.6 Å². The van der Waals surface area contributed by atoms with Gasteiger partial charge in [0.25, 0.3) is 0 Å². The van der Waals surface area contributed by atoms with E-state index in [2.05, 4.69) is 0 Å². The van der Waals surface area contributed by atoms with Gasteiger partial charge in [-0.2, -0.15) is 13.2 Å². The summed E-state index contributed by atoms with van der Waals surface area (Å²) >= 11 is 6.16. The standard InChI is InChI=1S/C23H18ClF4NO5/c1-12(22(33,23(26,27)28)13-3-8-20(30)29(2)11-13)17-9-14(5-7-18(17)24)34-15-4-6-16(21(31)32)19(25)10-15/h3-12,33H,1-2H3,(H,31,32)/t12-,22-/m0/s1. The third-order valence-electron chi connectivity index (χ3n) is 5.43. The molecule has 0 unspecified atom stereocenters. The maximum absolute atomic E-state index is 14.2. The minimum atomic E-state index is -5.15. The van der Waals surface area contributed by atoms with Gasteiger partial charge in [-0.05, 0) is 42.0 Å². The first kappa shape index (κ1) is 25.3. The molecule has 0 fully saturated rings. The molecule has 0 radical (unpaired) electrons. The number of carboxylic acid groups (broad SMARTS) is 1. The van der Waals surface area contributed by atoms with Gasteiger partial charge in [0.1, 0.15) is 17.3 Å². The van der Waals surface area contributed by atoms with E-state index in [0.717, 1.165) is 48.0 Å². The Morgan fingerprint density at radius 3 is 2.26 bits per heavy atom. The molecular formula is C23H18ClF4NO5. The van der Waals surface area contributed by atoms with Crippen LogP contribution in [0.25, 0.3) is 0 Å². The predicted octanol–water partition coefficient (Wildman–Crippen LogP) is 5.22. The Balaban J connectivity index is 2.05. The Hall–Kier alpha value is -3.37. The van der Waals surface area contributed by atoms with Crippen molar-refractivity contribution in [2.75, 3.05) is 0 Å². The first-order valence-electron chi connectivity index (χ1n) is 9.72. The number of aromatic carboxylic acids is 1. The summed E-state index contributed by atoms with van der Waals surface area (Å²) in [6, 6.07) is 8.52. The maximum Gasteiger partial charge on any atom is 0.422 e. The number of halogens is 5. The van der Waals surface area contributed by atoms with Crippen LogP contribution in [0.3, 0.4) is 0 Å². The van der Waals surface area contributed by atoms with E-state index in [-0.39, 0.29) is 22.1 Å². The number of alkyl halides is 3. The number of nitrogens with zero attached hydrogens (tertiary/aromatic N) is 1. The number of carbonyl (C=O) groups is 1. The Kier molecular flexibility index (Phi) is 6.77. The third-order valence-corrected chi connectivity index (χ3v) is 5.77. The van der Waals surface area contributed by atoms with Crippen molar-refractivity contribution in [1.82, 2.24) is 4.57 Å². The Morgan fingerprint density at radius 1 is 1.09 bits per heavy atom. The van der Waals surface area contributed by atoms with Crippen LogP contribution in [0, 0.1) is 5.82 Å². The molecule has 0 aliphatic rings. The molecule has 0 aliphatic heterocycles. The SMILES string of the molecule is C[C@@H](c1cc(Oc2ccc(C(=O)O)c(F)c2)ccc1Cl)[C@](O)(c1ccc(=O)n(C)c1)C(F)(F)F. The molecule has 2 atom stereocenters. The minimum absolute atomic E-state index is 0.0290. The van der Waals surface area contributed by atoms with Crippen molar-refractivity contribution in [2.24, 2.45) is 7.05 Å². The number of benzene rings is 2. The lowest BCUT2D eigenvalue weighted by Crippen LogP contribution is -2.47. The number of hydrogen-bond acceptors (Lipinski definition) is 4. The van der Waals surface area contributed by atoms with Crippen molar-refractivity contribution < 1.29 is 37.3 Å². The van der Waals surface area contributed by atoms with E-state index in [9.17, 15) is 32.3 Å². The molecule has 0 saturated heterocycles. The van der Waals surface area contributed by atoms with E-state index in [1.165, 1.54) is 25.2 Å². The number of pyridine rings is 1. The van der Waals surface area contributed by atoms with Crippen LogP contribution in [0.2, 0.25) is 5.02 Å². The molecule has 11 heteroatoms. The second-order valence-corrected chi connectivity index (χ2v) is 7.99. The highest BCUT2D eigenvalue weighted by Gasteiger charge is 2.59. The molecule has 2 N–H and O–H groups in total. The molecule has 3 aromatic rings. The van der Waals surface area contributed by atoms with Gasteiger partial charge in [-0.15, -0.1) is 0 Å². The summed E-state index contributed by atoms with van der Waals surface area (Å²) in [5.41, 5.74) is -5.25. The lowest BCUT2D eigenvalue weighted by atomic mass is 9.78. The summed E-state index contributed by atoms with van der Waals surface area (Å²) in [4.78, 5) is 22.6. The number of ether oxygens (including phenoxy) is 1. The first-order valence-corrected chi connectivity index (χ1v) is 10.1. The number of aryl methyl sites for hydroxylation is 1. The molecule has 3 rings (SSSR count). The number of hydrogen-bond donors (Lipinski definition) is 2. The number of carboxylic acids is 1. The fraction of sp³-hybridized carbons (Fsp3) is 0.217. The summed E-state index contributed by atoms with van der Waals surface area (Å²) in [5.74, 6) is -4.33. The van der Waals surface area contributed by atoms with Crippen LogP contribution in [0.15, 0.2) is 59.5 Å². The summed E-state index contributed by atoms with van der Waals surface area (Å²) in [6.07, 6.45) is -4.26. The second kappa shape index (κ2) is 9.11. The molecule has 1 aromatic heterocycles. The Bertz CT molecular complexity index is 1310. The van der Waals surface area contributed by atoms with E-state index in [1.54, 1.807) is 0 Å². The second-order valence-electron chi connectivity index (χ2n) is 7.58. The zero-order chi connectivity index (χ0) is 25.4. The highest BCUT2D eigenvalue weighted by Crippen LogP contribution is 2.50. The Morgan fingerprint density at radius 2 is 1.71 bits per heavy atom.